The van der Waals surface area contributed by atoms with Crippen molar-refractivity contribution in [2.75, 3.05) is 18.2 Å². The average Bonchev–Trinajstić information content (AvgIpc) is 2.75. The highest BCUT2D eigenvalue weighted by atomic mass is 32.2. The lowest BCUT2D eigenvalue weighted by molar-refractivity contribution is -0.132. The molecule has 102 valence electrons. The smallest absolute Gasteiger partial charge is 0.240 e. The van der Waals surface area contributed by atoms with E-state index in [1.165, 1.54) is 28.8 Å². The van der Waals surface area contributed by atoms with Crippen molar-refractivity contribution < 1.29 is 14.0 Å². The van der Waals surface area contributed by atoms with Crippen LogP contribution in [0.1, 0.15) is 18.5 Å². The maximum absolute atomic E-state index is 12.8. The quantitative estimate of drug-likeness (QED) is 0.911. The molecule has 1 atom stereocenters. The molecule has 2 rings (SSSR count). The maximum Gasteiger partial charge on any atom is 0.240 e. The Morgan fingerprint density at radius 2 is 2.16 bits per heavy atom. The van der Waals surface area contributed by atoms with Crippen LogP contribution in [0, 0.1) is 5.82 Å². The number of thioether (sulfide) groups is 1. The Hall–Kier alpha value is -1.56. The lowest BCUT2D eigenvalue weighted by Gasteiger charge is -2.18. The van der Waals surface area contributed by atoms with Gasteiger partial charge in [-0.25, -0.2) is 4.39 Å². The summed E-state index contributed by atoms with van der Waals surface area (Å²) in [5, 5.41) is 2.80. The zero-order valence-electron chi connectivity index (χ0n) is 10.6. The van der Waals surface area contributed by atoms with E-state index in [1.807, 2.05) is 6.92 Å². The second-order valence-corrected chi connectivity index (χ2v) is 5.37. The molecular formula is C13H15FN2O2S. The van der Waals surface area contributed by atoms with Crippen molar-refractivity contribution >= 4 is 23.6 Å². The molecule has 19 heavy (non-hydrogen) atoms. The minimum atomic E-state index is -0.304. The largest absolute Gasteiger partial charge is 0.348 e. The zero-order chi connectivity index (χ0) is 13.8. The SMILES string of the molecule is C[C@H](NC(=O)CN1CSCC1=O)c1ccc(F)cc1. The highest BCUT2D eigenvalue weighted by molar-refractivity contribution is 8.00. The first kappa shape index (κ1) is 13.9. The Balaban J connectivity index is 1.87. The minimum absolute atomic E-state index is 0.00501. The topological polar surface area (TPSA) is 49.4 Å². The van der Waals surface area contributed by atoms with Gasteiger partial charge in [-0.1, -0.05) is 12.1 Å². The Kier molecular flexibility index (Phi) is 4.42. The summed E-state index contributed by atoms with van der Waals surface area (Å²) in [6.45, 7) is 1.91. The van der Waals surface area contributed by atoms with Crippen LogP contribution in [-0.2, 0) is 9.59 Å². The summed E-state index contributed by atoms with van der Waals surface area (Å²) in [5.41, 5.74) is 0.830. The number of nitrogens with zero attached hydrogens (tertiary/aromatic N) is 1. The molecule has 2 amide bonds. The van der Waals surface area contributed by atoms with E-state index in [2.05, 4.69) is 5.32 Å². The Morgan fingerprint density at radius 1 is 1.47 bits per heavy atom. The van der Waals surface area contributed by atoms with Crippen LogP contribution in [0.25, 0.3) is 0 Å². The molecule has 4 nitrogen and oxygen atoms in total. The number of halogens is 1. The second-order valence-electron chi connectivity index (χ2n) is 4.41. The summed E-state index contributed by atoms with van der Waals surface area (Å²) in [6, 6.07) is 5.78. The van der Waals surface area contributed by atoms with Crippen molar-refractivity contribution in [1.82, 2.24) is 10.2 Å². The summed E-state index contributed by atoms with van der Waals surface area (Å²) >= 11 is 1.50. The van der Waals surface area contributed by atoms with E-state index < -0.39 is 0 Å². The first-order chi connectivity index (χ1) is 9.06. The third-order valence-corrected chi connectivity index (χ3v) is 3.85. The van der Waals surface area contributed by atoms with E-state index in [0.717, 1.165) is 5.56 Å². The summed E-state index contributed by atoms with van der Waals surface area (Å²) in [7, 11) is 0. The van der Waals surface area contributed by atoms with E-state index in [9.17, 15) is 14.0 Å². The van der Waals surface area contributed by atoms with E-state index in [-0.39, 0.29) is 30.2 Å². The molecule has 0 bridgehead atoms. The predicted molar refractivity (Wildman–Crippen MR) is 72.0 cm³/mol. The normalized spacial score (nSPS) is 16.5. The molecule has 0 unspecified atom stereocenters. The van der Waals surface area contributed by atoms with Gasteiger partial charge in [-0.3, -0.25) is 9.59 Å². The van der Waals surface area contributed by atoms with Gasteiger partial charge < -0.3 is 10.2 Å². The lowest BCUT2D eigenvalue weighted by Crippen LogP contribution is -2.39. The third kappa shape index (κ3) is 3.70. The minimum Gasteiger partial charge on any atom is -0.348 e. The summed E-state index contributed by atoms with van der Waals surface area (Å²) in [4.78, 5) is 24.7. The fraction of sp³-hybridized carbons (Fsp3) is 0.385. The van der Waals surface area contributed by atoms with Crippen LogP contribution in [-0.4, -0.2) is 34.9 Å². The molecule has 1 aromatic rings. The van der Waals surface area contributed by atoms with Gasteiger partial charge in [0.2, 0.25) is 11.8 Å². The fourth-order valence-electron chi connectivity index (χ4n) is 1.84. The molecule has 1 aromatic carbocycles. The molecule has 6 heteroatoms. The summed E-state index contributed by atoms with van der Waals surface area (Å²) < 4.78 is 12.8. The predicted octanol–water partition coefficient (Wildman–Crippen LogP) is 1.54. The standard InChI is InChI=1S/C13H15FN2O2S/c1-9(10-2-4-11(14)5-3-10)15-12(17)6-16-8-19-7-13(16)18/h2-5,9H,6-8H2,1H3,(H,15,17)/t9-/m0/s1. The van der Waals surface area contributed by atoms with Crippen molar-refractivity contribution in [2.24, 2.45) is 0 Å². The van der Waals surface area contributed by atoms with Gasteiger partial charge in [-0.15, -0.1) is 11.8 Å². The van der Waals surface area contributed by atoms with Crippen LogP contribution in [0.3, 0.4) is 0 Å². The number of hydrogen-bond acceptors (Lipinski definition) is 3. The molecule has 0 spiro atoms. The number of nitrogens with one attached hydrogen (secondary N) is 1. The van der Waals surface area contributed by atoms with Crippen molar-refractivity contribution in [1.29, 1.82) is 0 Å². The molecule has 1 fully saturated rings. The first-order valence-electron chi connectivity index (χ1n) is 5.96. The zero-order valence-corrected chi connectivity index (χ0v) is 11.4. The van der Waals surface area contributed by atoms with Gasteiger partial charge in [0.25, 0.3) is 0 Å². The number of hydrogen-bond donors (Lipinski definition) is 1. The monoisotopic (exact) mass is 282 g/mol. The average molecular weight is 282 g/mol. The summed E-state index contributed by atoms with van der Waals surface area (Å²) in [6.07, 6.45) is 0. The highest BCUT2D eigenvalue weighted by Gasteiger charge is 2.23. The Labute approximate surface area is 115 Å². The molecule has 1 saturated heterocycles. The first-order valence-corrected chi connectivity index (χ1v) is 7.12. The molecule has 0 radical (unpaired) electrons. The van der Waals surface area contributed by atoms with Crippen LogP contribution in [0.15, 0.2) is 24.3 Å². The van der Waals surface area contributed by atoms with Crippen LogP contribution < -0.4 is 5.32 Å². The van der Waals surface area contributed by atoms with Gasteiger partial charge in [-0.2, -0.15) is 0 Å². The maximum atomic E-state index is 12.8. The molecule has 1 N–H and O–H groups in total. The molecular weight excluding hydrogens is 267 g/mol. The Bertz CT molecular complexity index is 478. The van der Waals surface area contributed by atoms with Crippen molar-refractivity contribution in [3.8, 4) is 0 Å². The van der Waals surface area contributed by atoms with Crippen molar-refractivity contribution in [2.45, 2.75) is 13.0 Å². The van der Waals surface area contributed by atoms with Gasteiger partial charge in [0, 0.05) is 0 Å². The van der Waals surface area contributed by atoms with Crippen LogP contribution >= 0.6 is 11.8 Å². The number of rotatable bonds is 4. The second kappa shape index (κ2) is 6.06. The van der Waals surface area contributed by atoms with Crippen LogP contribution in [0.4, 0.5) is 4.39 Å². The Morgan fingerprint density at radius 3 is 2.74 bits per heavy atom. The van der Waals surface area contributed by atoms with Gasteiger partial charge in [-0.05, 0) is 24.6 Å². The van der Waals surface area contributed by atoms with Gasteiger partial charge in [0.15, 0.2) is 0 Å². The van der Waals surface area contributed by atoms with E-state index in [1.54, 1.807) is 12.1 Å². The van der Waals surface area contributed by atoms with Gasteiger partial charge >= 0.3 is 0 Å². The van der Waals surface area contributed by atoms with Crippen molar-refractivity contribution in [3.05, 3.63) is 35.6 Å². The van der Waals surface area contributed by atoms with Gasteiger partial charge in [0.05, 0.1) is 17.7 Å². The number of amides is 2. The number of carbonyl (C=O) groups excluding carboxylic acids is 2. The van der Waals surface area contributed by atoms with E-state index in [4.69, 9.17) is 0 Å². The van der Waals surface area contributed by atoms with Gasteiger partial charge in [0.1, 0.15) is 12.4 Å². The molecule has 0 aliphatic carbocycles. The summed E-state index contributed by atoms with van der Waals surface area (Å²) in [5.74, 6) is 0.502. The molecule has 1 aliphatic rings. The fourth-order valence-corrected chi connectivity index (χ4v) is 2.74. The van der Waals surface area contributed by atoms with E-state index in [0.29, 0.717) is 11.6 Å². The van der Waals surface area contributed by atoms with Crippen molar-refractivity contribution in [3.63, 3.8) is 0 Å². The van der Waals surface area contributed by atoms with Crippen LogP contribution in [0.2, 0.25) is 0 Å². The molecule has 1 heterocycles. The number of benzene rings is 1. The number of carbonyl (C=O) groups is 2. The van der Waals surface area contributed by atoms with Crippen LogP contribution in [0.5, 0.6) is 0 Å². The van der Waals surface area contributed by atoms with E-state index >= 15 is 0 Å². The molecule has 1 aliphatic heterocycles. The molecule has 0 aromatic heterocycles. The lowest BCUT2D eigenvalue weighted by atomic mass is 10.1. The highest BCUT2D eigenvalue weighted by Crippen LogP contribution is 2.15. The molecule has 0 saturated carbocycles. The third-order valence-electron chi connectivity index (χ3n) is 2.91.